The smallest absolute Gasteiger partial charge is 0.217 e. The van der Waals surface area contributed by atoms with Gasteiger partial charge < -0.3 is 25.4 Å². The van der Waals surface area contributed by atoms with Crippen molar-refractivity contribution in [3.8, 4) is 0 Å². The van der Waals surface area contributed by atoms with Crippen LogP contribution in [0.25, 0.3) is 0 Å². The van der Waals surface area contributed by atoms with Gasteiger partial charge in [0.05, 0.1) is 13.2 Å². The zero-order chi connectivity index (χ0) is 16.2. The molecule has 0 bridgehead atoms. The van der Waals surface area contributed by atoms with Crippen molar-refractivity contribution in [1.82, 2.24) is 10.2 Å². The number of guanidine groups is 1. The summed E-state index contributed by atoms with van der Waals surface area (Å²) >= 11 is 0. The number of carbonyl (C=O) groups is 1. The Hall–Kier alpha value is -1.34. The average Bonchev–Trinajstić information content (AvgIpc) is 2.50. The van der Waals surface area contributed by atoms with Gasteiger partial charge in [-0.3, -0.25) is 9.79 Å². The standard InChI is InChI=1S/C15H30N4O3/c1-17-15(18-6-4-8-22-10-9-21-2)19-7-3-5-13(12-19)11-14(16)20/h13H,3-12H2,1-2H3,(H2,16,20)(H,17,18). The van der Waals surface area contributed by atoms with Gasteiger partial charge in [-0.1, -0.05) is 0 Å². The fourth-order valence-electron chi connectivity index (χ4n) is 2.66. The summed E-state index contributed by atoms with van der Waals surface area (Å²) in [5.74, 6) is 1.01. The zero-order valence-electron chi connectivity index (χ0n) is 13.8. The van der Waals surface area contributed by atoms with E-state index in [1.165, 1.54) is 0 Å². The molecule has 0 aromatic heterocycles. The molecule has 3 N–H and O–H groups in total. The molecule has 1 amide bonds. The van der Waals surface area contributed by atoms with Crippen molar-refractivity contribution in [1.29, 1.82) is 0 Å². The minimum Gasteiger partial charge on any atom is -0.382 e. The number of nitrogens with one attached hydrogen (secondary N) is 1. The maximum Gasteiger partial charge on any atom is 0.217 e. The normalized spacial score (nSPS) is 19.3. The molecule has 7 heteroatoms. The van der Waals surface area contributed by atoms with Crippen molar-refractivity contribution in [2.45, 2.75) is 25.7 Å². The monoisotopic (exact) mass is 314 g/mol. The number of amides is 1. The summed E-state index contributed by atoms with van der Waals surface area (Å²) in [6.07, 6.45) is 3.50. The quantitative estimate of drug-likeness (QED) is 0.361. The Bertz CT molecular complexity index is 350. The summed E-state index contributed by atoms with van der Waals surface area (Å²) in [5, 5.41) is 3.35. The van der Waals surface area contributed by atoms with Gasteiger partial charge in [0.15, 0.2) is 5.96 Å². The predicted molar refractivity (Wildman–Crippen MR) is 86.8 cm³/mol. The second-order valence-electron chi connectivity index (χ2n) is 5.56. The molecule has 1 aliphatic heterocycles. The van der Waals surface area contributed by atoms with Crippen LogP contribution in [0, 0.1) is 5.92 Å². The lowest BCUT2D eigenvalue weighted by Gasteiger charge is -2.34. The van der Waals surface area contributed by atoms with Crippen LogP contribution in [0.5, 0.6) is 0 Å². The number of likely N-dealkylation sites (tertiary alicyclic amines) is 1. The SMILES string of the molecule is CN=C(NCCCOCCOC)N1CCCC(CC(N)=O)C1. The number of nitrogens with zero attached hydrogens (tertiary/aromatic N) is 2. The van der Waals surface area contributed by atoms with E-state index >= 15 is 0 Å². The van der Waals surface area contributed by atoms with E-state index in [2.05, 4.69) is 15.2 Å². The maximum atomic E-state index is 11.1. The summed E-state index contributed by atoms with van der Waals surface area (Å²) in [7, 11) is 3.45. The van der Waals surface area contributed by atoms with E-state index in [0.717, 1.165) is 44.9 Å². The van der Waals surface area contributed by atoms with Crippen LogP contribution in [-0.2, 0) is 14.3 Å². The average molecular weight is 314 g/mol. The first-order valence-electron chi connectivity index (χ1n) is 7.98. The third-order valence-corrected chi connectivity index (χ3v) is 3.70. The molecular formula is C15H30N4O3. The van der Waals surface area contributed by atoms with Gasteiger partial charge in [-0.2, -0.15) is 0 Å². The fourth-order valence-corrected chi connectivity index (χ4v) is 2.66. The van der Waals surface area contributed by atoms with Gasteiger partial charge in [-0.05, 0) is 25.2 Å². The Kier molecular flexibility index (Phi) is 9.57. The second-order valence-corrected chi connectivity index (χ2v) is 5.56. The number of rotatable bonds is 9. The highest BCUT2D eigenvalue weighted by molar-refractivity contribution is 5.80. The van der Waals surface area contributed by atoms with E-state index in [4.69, 9.17) is 15.2 Å². The highest BCUT2D eigenvalue weighted by atomic mass is 16.5. The molecule has 1 fully saturated rings. The first-order chi connectivity index (χ1) is 10.7. The number of piperidine rings is 1. The minimum atomic E-state index is -0.219. The van der Waals surface area contributed by atoms with E-state index in [-0.39, 0.29) is 5.91 Å². The molecule has 0 spiro atoms. The van der Waals surface area contributed by atoms with Crippen LogP contribution < -0.4 is 11.1 Å². The van der Waals surface area contributed by atoms with E-state index in [1.807, 2.05) is 0 Å². The van der Waals surface area contributed by atoms with Crippen molar-refractivity contribution in [3.63, 3.8) is 0 Å². The summed E-state index contributed by atoms with van der Waals surface area (Å²) in [4.78, 5) is 17.6. The Labute approximate surface area is 133 Å². The lowest BCUT2D eigenvalue weighted by Crippen LogP contribution is -2.47. The van der Waals surface area contributed by atoms with Gasteiger partial charge in [0.1, 0.15) is 0 Å². The van der Waals surface area contributed by atoms with Crippen molar-refractivity contribution < 1.29 is 14.3 Å². The molecule has 0 saturated carbocycles. The molecule has 0 aliphatic carbocycles. The van der Waals surface area contributed by atoms with Crippen LogP contribution in [0.3, 0.4) is 0 Å². The number of carbonyl (C=O) groups excluding carboxylic acids is 1. The molecule has 0 aromatic carbocycles. The molecule has 22 heavy (non-hydrogen) atoms. The van der Waals surface area contributed by atoms with E-state index in [9.17, 15) is 4.79 Å². The number of hydrogen-bond donors (Lipinski definition) is 2. The summed E-state index contributed by atoms with van der Waals surface area (Å²) in [6.45, 7) is 4.59. The minimum absolute atomic E-state index is 0.219. The Morgan fingerprint density at radius 2 is 2.23 bits per heavy atom. The molecule has 128 valence electrons. The molecule has 0 radical (unpaired) electrons. The van der Waals surface area contributed by atoms with E-state index in [0.29, 0.717) is 32.2 Å². The molecule has 7 nitrogen and oxygen atoms in total. The lowest BCUT2D eigenvalue weighted by molar-refractivity contribution is -0.119. The largest absolute Gasteiger partial charge is 0.382 e. The lowest BCUT2D eigenvalue weighted by atomic mass is 9.95. The molecule has 1 heterocycles. The van der Waals surface area contributed by atoms with Gasteiger partial charge in [-0.25, -0.2) is 0 Å². The molecule has 0 aromatic rings. The third kappa shape index (κ3) is 7.61. The van der Waals surface area contributed by atoms with Crippen molar-refractivity contribution >= 4 is 11.9 Å². The maximum absolute atomic E-state index is 11.1. The number of nitrogens with two attached hydrogens (primary N) is 1. The van der Waals surface area contributed by atoms with E-state index < -0.39 is 0 Å². The molecule has 1 atom stereocenters. The Morgan fingerprint density at radius 3 is 2.91 bits per heavy atom. The number of primary amides is 1. The van der Waals surface area contributed by atoms with Crippen LogP contribution in [-0.4, -0.2) is 70.4 Å². The Morgan fingerprint density at radius 1 is 1.41 bits per heavy atom. The van der Waals surface area contributed by atoms with Crippen LogP contribution >= 0.6 is 0 Å². The van der Waals surface area contributed by atoms with Crippen LogP contribution in [0.15, 0.2) is 4.99 Å². The van der Waals surface area contributed by atoms with Crippen molar-refractivity contribution in [2.24, 2.45) is 16.6 Å². The van der Waals surface area contributed by atoms with Gasteiger partial charge in [0, 0.05) is 46.8 Å². The molecule has 1 saturated heterocycles. The van der Waals surface area contributed by atoms with Gasteiger partial charge in [-0.15, -0.1) is 0 Å². The Balaban J connectivity index is 2.24. The van der Waals surface area contributed by atoms with Crippen molar-refractivity contribution in [2.75, 3.05) is 53.6 Å². The summed E-state index contributed by atoms with van der Waals surface area (Å²) < 4.78 is 10.3. The van der Waals surface area contributed by atoms with Crippen LogP contribution in [0.4, 0.5) is 0 Å². The third-order valence-electron chi connectivity index (χ3n) is 3.70. The topological polar surface area (TPSA) is 89.2 Å². The fraction of sp³-hybridized carbons (Fsp3) is 0.867. The van der Waals surface area contributed by atoms with Crippen LogP contribution in [0.2, 0.25) is 0 Å². The number of hydrogen-bond acceptors (Lipinski definition) is 4. The molecule has 1 rings (SSSR count). The highest BCUT2D eigenvalue weighted by Gasteiger charge is 2.23. The first-order valence-corrected chi connectivity index (χ1v) is 7.98. The number of methoxy groups -OCH3 is 1. The molecular weight excluding hydrogens is 284 g/mol. The highest BCUT2D eigenvalue weighted by Crippen LogP contribution is 2.19. The summed E-state index contributed by atoms with van der Waals surface area (Å²) in [6, 6.07) is 0. The van der Waals surface area contributed by atoms with Crippen molar-refractivity contribution in [3.05, 3.63) is 0 Å². The van der Waals surface area contributed by atoms with Gasteiger partial charge >= 0.3 is 0 Å². The zero-order valence-corrected chi connectivity index (χ0v) is 13.8. The van der Waals surface area contributed by atoms with Gasteiger partial charge in [0.2, 0.25) is 5.91 Å². The number of aliphatic imine (C=N–C) groups is 1. The second kappa shape index (κ2) is 11.3. The summed E-state index contributed by atoms with van der Waals surface area (Å²) in [5.41, 5.74) is 5.30. The molecule has 1 unspecified atom stereocenters. The van der Waals surface area contributed by atoms with Crippen LogP contribution in [0.1, 0.15) is 25.7 Å². The number of ether oxygens (including phenoxy) is 2. The molecule has 1 aliphatic rings. The predicted octanol–water partition coefficient (Wildman–Crippen LogP) is 0.202. The van der Waals surface area contributed by atoms with Gasteiger partial charge in [0.25, 0.3) is 0 Å². The first kappa shape index (κ1) is 18.7. The van der Waals surface area contributed by atoms with E-state index in [1.54, 1.807) is 14.2 Å².